The molecule has 0 spiro atoms. The van der Waals surface area contributed by atoms with E-state index in [0.717, 1.165) is 24.5 Å². The summed E-state index contributed by atoms with van der Waals surface area (Å²) in [5.74, 6) is -0.0542. The molecule has 2 rings (SSSR count). The average Bonchev–Trinajstić information content (AvgIpc) is 2.42. The number of carbonyl (C=O) groups excluding carboxylic acids is 1. The van der Waals surface area contributed by atoms with Crippen LogP contribution in [0.25, 0.3) is 0 Å². The first-order chi connectivity index (χ1) is 9.65. The maximum atomic E-state index is 10.9. The summed E-state index contributed by atoms with van der Waals surface area (Å²) in [6.45, 7) is 5.09. The highest BCUT2D eigenvalue weighted by Crippen LogP contribution is 2.09. The highest BCUT2D eigenvalue weighted by atomic mass is 16.1. The molecule has 0 aliphatic rings. The minimum Gasteiger partial charge on any atom is -0.326 e. The summed E-state index contributed by atoms with van der Waals surface area (Å²) in [4.78, 5) is 15.3. The highest BCUT2D eigenvalue weighted by molar-refractivity contribution is 5.88. The maximum Gasteiger partial charge on any atom is 0.221 e. The summed E-state index contributed by atoms with van der Waals surface area (Å²) in [6, 6.07) is 11.8. The van der Waals surface area contributed by atoms with Crippen LogP contribution in [0.5, 0.6) is 0 Å². The Kier molecular flexibility index (Phi) is 4.85. The second-order valence-corrected chi connectivity index (χ2v) is 4.75. The molecule has 0 bridgehead atoms. The largest absolute Gasteiger partial charge is 0.326 e. The van der Waals surface area contributed by atoms with Crippen LogP contribution in [-0.2, 0) is 17.9 Å². The number of hydrogen-bond acceptors (Lipinski definition) is 3. The van der Waals surface area contributed by atoms with Crippen molar-refractivity contribution in [3.05, 3.63) is 59.4 Å². The molecule has 1 aromatic heterocycles. The van der Waals surface area contributed by atoms with Crippen molar-refractivity contribution in [1.29, 1.82) is 0 Å². The van der Waals surface area contributed by atoms with E-state index < -0.39 is 0 Å². The Hall–Kier alpha value is -2.20. The zero-order valence-electron chi connectivity index (χ0n) is 11.8. The summed E-state index contributed by atoms with van der Waals surface area (Å²) < 4.78 is 0. The van der Waals surface area contributed by atoms with Crippen LogP contribution in [0.3, 0.4) is 0 Å². The van der Waals surface area contributed by atoms with Gasteiger partial charge in [0.25, 0.3) is 0 Å². The van der Waals surface area contributed by atoms with Crippen LogP contribution in [0.15, 0.2) is 42.6 Å². The predicted octanol–water partition coefficient (Wildman–Crippen LogP) is 2.64. The van der Waals surface area contributed by atoms with Crippen LogP contribution in [0, 0.1) is 6.92 Å². The fraction of sp³-hybridized carbons (Fsp3) is 0.250. The van der Waals surface area contributed by atoms with Crippen LogP contribution in [0.2, 0.25) is 0 Å². The lowest BCUT2D eigenvalue weighted by Gasteiger charge is -2.08. The minimum absolute atomic E-state index is 0.0542. The number of aromatic nitrogens is 1. The van der Waals surface area contributed by atoms with Crippen LogP contribution < -0.4 is 10.6 Å². The zero-order valence-corrected chi connectivity index (χ0v) is 11.8. The Labute approximate surface area is 119 Å². The van der Waals surface area contributed by atoms with E-state index in [1.165, 1.54) is 18.1 Å². The first-order valence-electron chi connectivity index (χ1n) is 6.63. The standard InChI is InChI=1S/C16H19N3O/c1-12-4-3-9-18-16(12)11-17-10-14-5-7-15(8-6-14)19-13(2)20/h3-9,17H,10-11H2,1-2H3,(H,19,20). The van der Waals surface area contributed by atoms with Gasteiger partial charge in [0.1, 0.15) is 0 Å². The third-order valence-electron chi connectivity index (χ3n) is 3.01. The molecular formula is C16H19N3O. The molecule has 104 valence electrons. The molecular weight excluding hydrogens is 250 g/mol. The summed E-state index contributed by atoms with van der Waals surface area (Å²) in [5, 5.41) is 6.12. The number of anilines is 1. The fourth-order valence-electron chi connectivity index (χ4n) is 1.94. The molecule has 4 heteroatoms. The molecule has 0 saturated heterocycles. The van der Waals surface area contributed by atoms with E-state index >= 15 is 0 Å². The van der Waals surface area contributed by atoms with Gasteiger partial charge < -0.3 is 10.6 Å². The lowest BCUT2D eigenvalue weighted by atomic mass is 10.2. The number of rotatable bonds is 5. The first kappa shape index (κ1) is 14.2. The molecule has 2 N–H and O–H groups in total. The molecule has 1 heterocycles. The van der Waals surface area contributed by atoms with E-state index in [1.54, 1.807) is 0 Å². The summed E-state index contributed by atoms with van der Waals surface area (Å²) >= 11 is 0. The van der Waals surface area contributed by atoms with Crippen molar-refractivity contribution in [3.63, 3.8) is 0 Å². The predicted molar refractivity (Wildman–Crippen MR) is 80.3 cm³/mol. The Morgan fingerprint density at radius 1 is 1.15 bits per heavy atom. The lowest BCUT2D eigenvalue weighted by Crippen LogP contribution is -2.14. The number of carbonyl (C=O) groups is 1. The summed E-state index contributed by atoms with van der Waals surface area (Å²) in [6.07, 6.45) is 1.81. The third kappa shape index (κ3) is 4.17. The molecule has 0 radical (unpaired) electrons. The number of amides is 1. The second-order valence-electron chi connectivity index (χ2n) is 4.75. The molecule has 0 saturated carbocycles. The van der Waals surface area contributed by atoms with Crippen LogP contribution in [0.1, 0.15) is 23.7 Å². The van der Waals surface area contributed by atoms with E-state index in [0.29, 0.717) is 0 Å². The van der Waals surface area contributed by atoms with Crippen molar-refractivity contribution < 1.29 is 4.79 Å². The van der Waals surface area contributed by atoms with Gasteiger partial charge in [-0.25, -0.2) is 0 Å². The first-order valence-corrected chi connectivity index (χ1v) is 6.63. The molecule has 1 amide bonds. The van der Waals surface area contributed by atoms with Crippen molar-refractivity contribution in [2.45, 2.75) is 26.9 Å². The van der Waals surface area contributed by atoms with Gasteiger partial charge in [-0.2, -0.15) is 0 Å². The zero-order chi connectivity index (χ0) is 14.4. The van der Waals surface area contributed by atoms with Gasteiger partial charge in [0.05, 0.1) is 5.69 Å². The van der Waals surface area contributed by atoms with Gasteiger partial charge in [0.2, 0.25) is 5.91 Å². The van der Waals surface area contributed by atoms with Crippen molar-refractivity contribution in [3.8, 4) is 0 Å². The number of hydrogen-bond donors (Lipinski definition) is 2. The van der Waals surface area contributed by atoms with Gasteiger partial charge in [0.15, 0.2) is 0 Å². The Morgan fingerprint density at radius 3 is 2.55 bits per heavy atom. The van der Waals surface area contributed by atoms with Crippen molar-refractivity contribution >= 4 is 11.6 Å². The Morgan fingerprint density at radius 2 is 1.90 bits per heavy atom. The molecule has 0 aliphatic carbocycles. The topological polar surface area (TPSA) is 54.0 Å². The molecule has 1 aromatic carbocycles. The van der Waals surface area contributed by atoms with E-state index in [4.69, 9.17) is 0 Å². The normalized spacial score (nSPS) is 10.3. The number of benzene rings is 1. The van der Waals surface area contributed by atoms with Crippen molar-refractivity contribution in [2.75, 3.05) is 5.32 Å². The number of pyridine rings is 1. The van der Waals surface area contributed by atoms with E-state index in [9.17, 15) is 4.79 Å². The number of nitrogens with one attached hydrogen (secondary N) is 2. The summed E-state index contributed by atoms with van der Waals surface area (Å²) in [5.41, 5.74) is 4.26. The fourth-order valence-corrected chi connectivity index (χ4v) is 1.94. The minimum atomic E-state index is -0.0542. The van der Waals surface area contributed by atoms with Gasteiger partial charge in [-0.05, 0) is 36.2 Å². The van der Waals surface area contributed by atoms with E-state index in [-0.39, 0.29) is 5.91 Å². The highest BCUT2D eigenvalue weighted by Gasteiger charge is 1.99. The molecule has 20 heavy (non-hydrogen) atoms. The second kappa shape index (κ2) is 6.82. The van der Waals surface area contributed by atoms with Gasteiger partial charge in [-0.1, -0.05) is 18.2 Å². The molecule has 0 aliphatic heterocycles. The Balaban J connectivity index is 1.85. The van der Waals surface area contributed by atoms with Crippen molar-refractivity contribution in [2.24, 2.45) is 0 Å². The average molecular weight is 269 g/mol. The number of nitrogens with zero attached hydrogens (tertiary/aromatic N) is 1. The molecule has 4 nitrogen and oxygen atoms in total. The maximum absolute atomic E-state index is 10.9. The van der Waals surface area contributed by atoms with Crippen LogP contribution >= 0.6 is 0 Å². The Bertz CT molecular complexity index is 579. The summed E-state index contributed by atoms with van der Waals surface area (Å²) in [7, 11) is 0. The quantitative estimate of drug-likeness (QED) is 0.877. The third-order valence-corrected chi connectivity index (χ3v) is 3.01. The van der Waals surface area contributed by atoms with E-state index in [2.05, 4.69) is 28.6 Å². The van der Waals surface area contributed by atoms with Crippen LogP contribution in [0.4, 0.5) is 5.69 Å². The van der Waals surface area contributed by atoms with Crippen molar-refractivity contribution in [1.82, 2.24) is 10.3 Å². The van der Waals surface area contributed by atoms with E-state index in [1.807, 2.05) is 36.5 Å². The smallest absolute Gasteiger partial charge is 0.221 e. The van der Waals surface area contributed by atoms with Gasteiger partial charge >= 0.3 is 0 Å². The SMILES string of the molecule is CC(=O)Nc1ccc(CNCc2ncccc2C)cc1. The van der Waals surface area contributed by atoms with Gasteiger partial charge in [-0.3, -0.25) is 9.78 Å². The van der Waals surface area contributed by atoms with Gasteiger partial charge in [-0.15, -0.1) is 0 Å². The van der Waals surface area contributed by atoms with Crippen LogP contribution in [-0.4, -0.2) is 10.9 Å². The monoisotopic (exact) mass is 269 g/mol. The molecule has 2 aromatic rings. The molecule has 0 unspecified atom stereocenters. The van der Waals surface area contributed by atoms with Gasteiger partial charge in [0, 0.05) is 31.9 Å². The lowest BCUT2D eigenvalue weighted by molar-refractivity contribution is -0.114. The number of aryl methyl sites for hydroxylation is 1. The molecule has 0 fully saturated rings. The molecule has 0 atom stereocenters.